The average molecular weight is 410 g/mol. The summed E-state index contributed by atoms with van der Waals surface area (Å²) in [4.78, 5) is 27.0. The number of hydrogen-bond donors (Lipinski definition) is 1. The summed E-state index contributed by atoms with van der Waals surface area (Å²) in [6.45, 7) is 7.14. The molecule has 2 rings (SSSR count). The van der Waals surface area contributed by atoms with Crippen molar-refractivity contribution in [2.45, 2.75) is 51.0 Å². The molecule has 2 amide bonds. The van der Waals surface area contributed by atoms with Gasteiger partial charge in [0.05, 0.1) is 10.8 Å². The third kappa shape index (κ3) is 5.11. The molecule has 0 spiro atoms. The zero-order valence-electron chi connectivity index (χ0n) is 17.1. The zero-order chi connectivity index (χ0) is 20.9. The van der Waals surface area contributed by atoms with Gasteiger partial charge in [-0.05, 0) is 51.3 Å². The Morgan fingerprint density at radius 3 is 2.68 bits per heavy atom. The summed E-state index contributed by atoms with van der Waals surface area (Å²) in [6.07, 6.45) is 2.38. The van der Waals surface area contributed by atoms with E-state index in [9.17, 15) is 18.0 Å². The Balaban J connectivity index is 2.17. The number of sulfonamides is 1. The van der Waals surface area contributed by atoms with Gasteiger partial charge in [-0.3, -0.25) is 9.59 Å². The van der Waals surface area contributed by atoms with Gasteiger partial charge >= 0.3 is 0 Å². The van der Waals surface area contributed by atoms with E-state index in [2.05, 4.69) is 5.32 Å². The minimum Gasteiger partial charge on any atom is -0.356 e. The Hall–Kier alpha value is -1.93. The van der Waals surface area contributed by atoms with Crippen LogP contribution in [0.25, 0.3) is 0 Å². The van der Waals surface area contributed by atoms with E-state index < -0.39 is 10.0 Å². The first-order valence-electron chi connectivity index (χ1n) is 9.83. The SMILES string of the molecule is CCCNC(=O)C1CCCN(C(=O)c2cccc(S(=O)(=O)N(C)C(C)C)c2)C1. The lowest BCUT2D eigenvalue weighted by Crippen LogP contribution is -2.45. The van der Waals surface area contributed by atoms with Crippen molar-refractivity contribution in [3.63, 3.8) is 0 Å². The summed E-state index contributed by atoms with van der Waals surface area (Å²) in [5.74, 6) is -0.477. The minimum absolute atomic E-state index is 0.0192. The molecule has 1 aromatic carbocycles. The van der Waals surface area contributed by atoms with Crippen molar-refractivity contribution < 1.29 is 18.0 Å². The molecule has 0 aromatic heterocycles. The molecule has 1 aliphatic heterocycles. The van der Waals surface area contributed by atoms with Crippen LogP contribution in [0, 0.1) is 5.92 Å². The number of amides is 2. The molecule has 7 nitrogen and oxygen atoms in total. The summed E-state index contributed by atoms with van der Waals surface area (Å²) in [6, 6.07) is 5.95. The van der Waals surface area contributed by atoms with E-state index in [0.29, 0.717) is 25.2 Å². The van der Waals surface area contributed by atoms with E-state index >= 15 is 0 Å². The van der Waals surface area contributed by atoms with Gasteiger partial charge in [0.25, 0.3) is 5.91 Å². The van der Waals surface area contributed by atoms with Gasteiger partial charge in [-0.2, -0.15) is 4.31 Å². The van der Waals surface area contributed by atoms with Crippen LogP contribution >= 0.6 is 0 Å². The van der Waals surface area contributed by atoms with Crippen molar-refractivity contribution in [1.82, 2.24) is 14.5 Å². The number of benzene rings is 1. The third-order valence-corrected chi connectivity index (χ3v) is 7.14. The number of carbonyl (C=O) groups excluding carboxylic acids is 2. The second kappa shape index (κ2) is 9.52. The number of nitrogens with zero attached hydrogens (tertiary/aromatic N) is 2. The summed E-state index contributed by atoms with van der Waals surface area (Å²) in [7, 11) is -2.13. The van der Waals surface area contributed by atoms with E-state index in [1.165, 1.54) is 23.5 Å². The first kappa shape index (κ1) is 22.4. The van der Waals surface area contributed by atoms with E-state index in [4.69, 9.17) is 0 Å². The predicted molar refractivity (Wildman–Crippen MR) is 108 cm³/mol. The largest absolute Gasteiger partial charge is 0.356 e. The number of hydrogen-bond acceptors (Lipinski definition) is 4. The molecule has 1 aromatic rings. The van der Waals surface area contributed by atoms with Crippen LogP contribution < -0.4 is 5.32 Å². The summed E-state index contributed by atoms with van der Waals surface area (Å²) in [5.41, 5.74) is 0.327. The lowest BCUT2D eigenvalue weighted by atomic mass is 9.96. The Kier molecular flexibility index (Phi) is 7.60. The Morgan fingerprint density at radius 2 is 2.04 bits per heavy atom. The number of carbonyl (C=O) groups is 2. The molecule has 8 heteroatoms. The van der Waals surface area contributed by atoms with E-state index in [1.807, 2.05) is 6.92 Å². The molecule has 1 N–H and O–H groups in total. The number of rotatable bonds is 7. The van der Waals surface area contributed by atoms with Gasteiger partial charge in [-0.25, -0.2) is 8.42 Å². The summed E-state index contributed by atoms with van der Waals surface area (Å²) < 4.78 is 26.7. The fourth-order valence-corrected chi connectivity index (χ4v) is 4.60. The first-order chi connectivity index (χ1) is 13.2. The molecule has 0 aliphatic carbocycles. The van der Waals surface area contributed by atoms with Crippen molar-refractivity contribution in [2.24, 2.45) is 5.92 Å². The zero-order valence-corrected chi connectivity index (χ0v) is 18.0. The lowest BCUT2D eigenvalue weighted by molar-refractivity contribution is -0.126. The Bertz CT molecular complexity index is 807. The molecule has 1 saturated heterocycles. The van der Waals surface area contributed by atoms with Crippen LogP contribution in [0.1, 0.15) is 50.4 Å². The van der Waals surface area contributed by atoms with Crippen molar-refractivity contribution in [3.8, 4) is 0 Å². The molecule has 0 radical (unpaired) electrons. The second-order valence-corrected chi connectivity index (χ2v) is 9.52. The molecule has 156 valence electrons. The number of piperidine rings is 1. The highest BCUT2D eigenvalue weighted by Crippen LogP contribution is 2.22. The van der Waals surface area contributed by atoms with Gasteiger partial charge in [0.1, 0.15) is 0 Å². The molecule has 28 heavy (non-hydrogen) atoms. The highest BCUT2D eigenvalue weighted by atomic mass is 32.2. The van der Waals surface area contributed by atoms with Crippen molar-refractivity contribution >= 4 is 21.8 Å². The maximum atomic E-state index is 13.0. The Morgan fingerprint density at radius 1 is 1.32 bits per heavy atom. The molecule has 1 atom stereocenters. The molecular weight excluding hydrogens is 378 g/mol. The molecule has 1 heterocycles. The van der Waals surface area contributed by atoms with E-state index in [0.717, 1.165) is 19.3 Å². The monoisotopic (exact) mass is 409 g/mol. The predicted octanol–water partition coefficient (Wildman–Crippen LogP) is 2.09. The molecular formula is C20H31N3O4S. The minimum atomic E-state index is -3.66. The highest BCUT2D eigenvalue weighted by Gasteiger charge is 2.30. The first-order valence-corrected chi connectivity index (χ1v) is 11.3. The van der Waals surface area contributed by atoms with Gasteiger partial charge in [0, 0.05) is 38.3 Å². The van der Waals surface area contributed by atoms with E-state index in [1.54, 1.807) is 30.9 Å². The van der Waals surface area contributed by atoms with Crippen LogP contribution in [0.5, 0.6) is 0 Å². The second-order valence-electron chi connectivity index (χ2n) is 7.52. The van der Waals surface area contributed by atoms with Gasteiger partial charge < -0.3 is 10.2 Å². The molecule has 1 unspecified atom stereocenters. The Labute approximate surface area is 168 Å². The smallest absolute Gasteiger partial charge is 0.253 e. The number of likely N-dealkylation sites (tertiary alicyclic amines) is 1. The quantitative estimate of drug-likeness (QED) is 0.747. The fraction of sp³-hybridized carbons (Fsp3) is 0.600. The molecule has 0 saturated carbocycles. The lowest BCUT2D eigenvalue weighted by Gasteiger charge is -2.32. The topological polar surface area (TPSA) is 86.8 Å². The van der Waals surface area contributed by atoms with E-state index in [-0.39, 0.29) is 28.7 Å². The fourth-order valence-electron chi connectivity index (χ4n) is 3.18. The van der Waals surface area contributed by atoms with Gasteiger partial charge in [0.2, 0.25) is 15.9 Å². The van der Waals surface area contributed by atoms with Crippen LogP contribution in [-0.2, 0) is 14.8 Å². The van der Waals surface area contributed by atoms with Crippen molar-refractivity contribution in [3.05, 3.63) is 29.8 Å². The van der Waals surface area contributed by atoms with Crippen LogP contribution in [-0.4, -0.2) is 62.2 Å². The standard InChI is InChI=1S/C20H31N3O4S/c1-5-11-21-19(24)17-9-7-12-23(14-17)20(25)16-8-6-10-18(13-16)28(26,27)22(4)15(2)3/h6,8,10,13,15,17H,5,7,9,11-12,14H2,1-4H3,(H,21,24). The van der Waals surface area contributed by atoms with Crippen LogP contribution in [0.2, 0.25) is 0 Å². The maximum Gasteiger partial charge on any atom is 0.253 e. The summed E-state index contributed by atoms with van der Waals surface area (Å²) in [5, 5.41) is 2.89. The third-order valence-electron chi connectivity index (χ3n) is 5.11. The maximum absolute atomic E-state index is 13.0. The van der Waals surface area contributed by atoms with Crippen LogP contribution in [0.15, 0.2) is 29.2 Å². The normalized spacial score (nSPS) is 17.8. The highest BCUT2D eigenvalue weighted by molar-refractivity contribution is 7.89. The summed E-state index contributed by atoms with van der Waals surface area (Å²) >= 11 is 0. The van der Waals surface area contributed by atoms with Crippen molar-refractivity contribution in [2.75, 3.05) is 26.7 Å². The van der Waals surface area contributed by atoms with Crippen LogP contribution in [0.3, 0.4) is 0 Å². The van der Waals surface area contributed by atoms with Crippen LogP contribution in [0.4, 0.5) is 0 Å². The van der Waals surface area contributed by atoms with Gasteiger partial charge in [-0.1, -0.05) is 13.0 Å². The molecule has 1 fully saturated rings. The molecule has 1 aliphatic rings. The molecule has 0 bridgehead atoms. The average Bonchev–Trinajstić information content (AvgIpc) is 2.70. The number of nitrogens with one attached hydrogen (secondary N) is 1. The van der Waals surface area contributed by atoms with Gasteiger partial charge in [-0.15, -0.1) is 0 Å². The van der Waals surface area contributed by atoms with Crippen molar-refractivity contribution in [1.29, 1.82) is 0 Å². The van der Waals surface area contributed by atoms with Gasteiger partial charge in [0.15, 0.2) is 0 Å².